The van der Waals surface area contributed by atoms with E-state index in [0.29, 0.717) is 0 Å². The van der Waals surface area contributed by atoms with Crippen LogP contribution < -0.4 is 0 Å². The Morgan fingerprint density at radius 1 is 1.28 bits per heavy atom. The van der Waals surface area contributed by atoms with Crippen molar-refractivity contribution in [3.63, 3.8) is 0 Å². The van der Waals surface area contributed by atoms with E-state index in [9.17, 15) is 0 Å². The van der Waals surface area contributed by atoms with Crippen LogP contribution in [0.2, 0.25) is 0 Å². The van der Waals surface area contributed by atoms with Gasteiger partial charge in [-0.1, -0.05) is 13.3 Å². The molecule has 0 saturated carbocycles. The molecule has 4 nitrogen and oxygen atoms in total. The summed E-state index contributed by atoms with van der Waals surface area (Å²) in [6, 6.07) is 1.95. The summed E-state index contributed by atoms with van der Waals surface area (Å²) in [5, 5.41) is 4.19. The van der Waals surface area contributed by atoms with Crippen molar-refractivity contribution < 1.29 is 15.9 Å². The van der Waals surface area contributed by atoms with E-state index in [1.807, 2.05) is 23.1 Å². The predicted molar refractivity (Wildman–Crippen MR) is 71.4 cm³/mol. The van der Waals surface area contributed by atoms with E-state index in [-0.39, 0.29) is 15.9 Å². The molecule has 106 valence electrons. The number of halogens is 2. The molecule has 0 aliphatic carbocycles. The minimum absolute atomic E-state index is 0.106. The quantitative estimate of drug-likeness (QED) is 0.731. The molecule has 0 unspecified atom stereocenters. The first-order chi connectivity index (χ1) is 8.80. The Morgan fingerprint density at radius 2 is 2.00 bits per heavy atom. The summed E-state index contributed by atoms with van der Waals surface area (Å²) in [7, 11) is 9.63. The average Bonchev–Trinajstić information content (AvgIpc) is 3.00. The molecule has 18 heavy (non-hydrogen) atoms. The minimum atomic E-state index is -0.106. The van der Waals surface area contributed by atoms with Crippen LogP contribution in [0.4, 0.5) is 0 Å². The molecule has 1 aliphatic rings. The number of unbranched alkanes of at least 4 members (excludes halogenated alkanes) is 1. The molecule has 2 rings (SSSR count). The molecule has 1 aliphatic heterocycles. The molecule has 1 aromatic heterocycles. The molecule has 0 radical (unpaired) electrons. The Labute approximate surface area is 125 Å². The second-order valence-corrected chi connectivity index (χ2v) is 6.29. The molecule has 1 aromatic rings. The van der Waals surface area contributed by atoms with Gasteiger partial charge in [0.1, 0.15) is 6.67 Å². The number of nitrogens with zero attached hydrogens (tertiary/aromatic N) is 4. The van der Waals surface area contributed by atoms with Gasteiger partial charge in [-0.3, -0.25) is 4.68 Å². The van der Waals surface area contributed by atoms with Crippen LogP contribution in [0, 0.1) is 0 Å². The summed E-state index contributed by atoms with van der Waals surface area (Å²) in [6.07, 6.45) is 10.6. The third-order valence-corrected chi connectivity index (χ3v) is 2.54. The Bertz CT molecular complexity index is 332. The van der Waals surface area contributed by atoms with E-state index in [2.05, 4.69) is 34.2 Å². The van der Waals surface area contributed by atoms with Gasteiger partial charge in [0, 0.05) is 31.3 Å². The van der Waals surface area contributed by atoms with E-state index in [1.54, 1.807) is 0 Å². The monoisotopic (exact) mass is 382 g/mol. The van der Waals surface area contributed by atoms with Crippen molar-refractivity contribution in [2.75, 3.05) is 13.2 Å². The fraction of sp³-hybridized carbons (Fsp3) is 0.545. The third kappa shape index (κ3) is 6.10. The first-order valence-electron chi connectivity index (χ1n) is 5.76. The Morgan fingerprint density at radius 3 is 2.61 bits per heavy atom. The second kappa shape index (κ2) is 9.69. The molecular weight excluding hydrogens is 365 g/mol. The molecule has 0 N–H and O–H groups in total. The van der Waals surface area contributed by atoms with Crippen LogP contribution in [0.3, 0.4) is 0 Å². The Kier molecular flexibility index (Phi) is 8.53. The van der Waals surface area contributed by atoms with E-state index >= 15 is 0 Å². The fourth-order valence-electron chi connectivity index (χ4n) is 1.68. The number of aromatic nitrogens is 2. The molecule has 7 heteroatoms. The fourth-order valence-corrected chi connectivity index (χ4v) is 1.68. The van der Waals surface area contributed by atoms with Gasteiger partial charge in [0.15, 0.2) is 0 Å². The molecule has 0 amide bonds. The van der Waals surface area contributed by atoms with Gasteiger partial charge in [0.05, 0.1) is 6.67 Å². The number of hydrogen-bond acceptors (Lipinski definition) is 3. The normalized spacial score (nSPS) is 13.9. The van der Waals surface area contributed by atoms with Crippen molar-refractivity contribution in [1.29, 1.82) is 0 Å². The van der Waals surface area contributed by atoms with Crippen LogP contribution in [0.25, 0.3) is 0 Å². The maximum absolute atomic E-state index is 4.81. The topological polar surface area (TPSA) is 24.3 Å². The SMILES string of the molecule is CCCCN1C=CN(Cn2cccn2)C1.[Cl][Pd][Cl]. The van der Waals surface area contributed by atoms with Crippen LogP contribution in [-0.4, -0.2) is 32.8 Å². The van der Waals surface area contributed by atoms with E-state index in [1.165, 1.54) is 12.8 Å². The van der Waals surface area contributed by atoms with Crippen molar-refractivity contribution in [3.05, 3.63) is 30.9 Å². The van der Waals surface area contributed by atoms with Gasteiger partial charge in [0.25, 0.3) is 0 Å². The van der Waals surface area contributed by atoms with Crippen LogP contribution >= 0.6 is 19.1 Å². The van der Waals surface area contributed by atoms with Crippen molar-refractivity contribution in [3.8, 4) is 0 Å². The summed E-state index contributed by atoms with van der Waals surface area (Å²) in [5.74, 6) is 0. The van der Waals surface area contributed by atoms with Crippen LogP contribution in [0.5, 0.6) is 0 Å². The van der Waals surface area contributed by atoms with Crippen molar-refractivity contribution >= 4 is 19.1 Å². The summed E-state index contributed by atoms with van der Waals surface area (Å²) >= 11 is -0.106. The zero-order valence-electron chi connectivity index (χ0n) is 10.3. The van der Waals surface area contributed by atoms with Crippen LogP contribution in [-0.2, 0) is 22.6 Å². The molecule has 0 bridgehead atoms. The van der Waals surface area contributed by atoms with Crippen LogP contribution in [0.1, 0.15) is 19.8 Å². The summed E-state index contributed by atoms with van der Waals surface area (Å²) < 4.78 is 1.94. The molecule has 0 atom stereocenters. The number of hydrogen-bond donors (Lipinski definition) is 0. The van der Waals surface area contributed by atoms with Gasteiger partial charge >= 0.3 is 35.0 Å². The molecule has 0 saturated heterocycles. The molecule has 2 heterocycles. The maximum atomic E-state index is 4.81. The van der Waals surface area contributed by atoms with Crippen molar-refractivity contribution in [1.82, 2.24) is 19.6 Å². The molecular formula is C11H18Cl2N4Pd. The molecule has 0 aromatic carbocycles. The first kappa shape index (κ1) is 15.8. The summed E-state index contributed by atoms with van der Waals surface area (Å²) in [5.41, 5.74) is 0. The predicted octanol–water partition coefficient (Wildman–Crippen LogP) is 3.06. The van der Waals surface area contributed by atoms with Gasteiger partial charge in [-0.15, -0.1) is 0 Å². The zero-order chi connectivity index (χ0) is 13.2. The van der Waals surface area contributed by atoms with Gasteiger partial charge in [-0.2, -0.15) is 5.10 Å². The second-order valence-electron chi connectivity index (χ2n) is 3.93. The molecule has 0 fully saturated rings. The first-order valence-corrected chi connectivity index (χ1v) is 9.76. The van der Waals surface area contributed by atoms with Gasteiger partial charge in [0.2, 0.25) is 0 Å². The standard InChI is InChI=1S/C11H18N4.2ClH.Pd/c1-2-3-6-13-8-9-14(10-13)11-15-7-4-5-12-15;;;/h4-5,7-9H,2-3,6,10-11H2,1H3;2*1H;/q;;;+2/p-2. The van der Waals surface area contributed by atoms with Crippen molar-refractivity contribution in [2.45, 2.75) is 26.4 Å². The summed E-state index contributed by atoms with van der Waals surface area (Å²) in [6.45, 7) is 5.20. The van der Waals surface area contributed by atoms with E-state index in [0.717, 1.165) is 19.9 Å². The van der Waals surface area contributed by atoms with E-state index < -0.39 is 0 Å². The van der Waals surface area contributed by atoms with Crippen molar-refractivity contribution in [2.24, 2.45) is 0 Å². The Balaban J connectivity index is 0.000000492. The summed E-state index contributed by atoms with van der Waals surface area (Å²) in [4.78, 5) is 4.59. The molecule has 0 spiro atoms. The van der Waals surface area contributed by atoms with Gasteiger partial charge < -0.3 is 9.80 Å². The number of rotatable bonds is 5. The van der Waals surface area contributed by atoms with E-state index in [4.69, 9.17) is 19.1 Å². The average molecular weight is 384 g/mol. The van der Waals surface area contributed by atoms with Crippen LogP contribution in [0.15, 0.2) is 30.9 Å². The Hall–Kier alpha value is -0.208. The zero-order valence-corrected chi connectivity index (χ0v) is 13.3. The third-order valence-electron chi connectivity index (χ3n) is 2.54. The van der Waals surface area contributed by atoms with Gasteiger partial charge in [-0.05, 0) is 12.5 Å². The van der Waals surface area contributed by atoms with Gasteiger partial charge in [-0.25, -0.2) is 0 Å².